The van der Waals surface area contributed by atoms with Gasteiger partial charge in [-0.3, -0.25) is 0 Å². The zero-order valence-corrected chi connectivity index (χ0v) is 11.1. The van der Waals surface area contributed by atoms with Gasteiger partial charge in [0.1, 0.15) is 11.6 Å². The van der Waals surface area contributed by atoms with Gasteiger partial charge in [-0.2, -0.15) is 0 Å². The van der Waals surface area contributed by atoms with E-state index in [4.69, 9.17) is 11.6 Å². The largest absolute Gasteiger partial charge is 0.711 e. The van der Waals surface area contributed by atoms with Gasteiger partial charge in [-0.05, 0) is 49.2 Å². The summed E-state index contributed by atoms with van der Waals surface area (Å²) in [5.41, 5.74) is 4.37. The molecule has 2 aromatic rings. The molecule has 1 heterocycles. The van der Waals surface area contributed by atoms with Crippen molar-refractivity contribution in [2.75, 3.05) is 0 Å². The van der Waals surface area contributed by atoms with Crippen molar-refractivity contribution in [3.8, 4) is 0 Å². The summed E-state index contributed by atoms with van der Waals surface area (Å²) in [5, 5.41) is 12.9. The number of rotatable bonds is 1. The van der Waals surface area contributed by atoms with E-state index < -0.39 is 0 Å². The minimum absolute atomic E-state index is 0.157. The highest BCUT2D eigenvalue weighted by Gasteiger charge is 2.21. The van der Waals surface area contributed by atoms with Gasteiger partial charge in [0.25, 0.3) is 0 Å². The van der Waals surface area contributed by atoms with Gasteiger partial charge in [0.2, 0.25) is 0 Å². The number of hydrogen-bond acceptors (Lipinski definition) is 2. The number of benzene rings is 1. The summed E-state index contributed by atoms with van der Waals surface area (Å²) in [4.78, 5) is 4.49. The van der Waals surface area contributed by atoms with Crippen LogP contribution in [0, 0.1) is 12.1 Å². The molecule has 0 spiro atoms. The van der Waals surface area contributed by atoms with E-state index >= 15 is 0 Å². The van der Waals surface area contributed by atoms with E-state index in [1.165, 1.54) is 24.0 Å². The normalized spacial score (nSPS) is 14.8. The Morgan fingerprint density at radius 1 is 1.33 bits per heavy atom. The van der Waals surface area contributed by atoms with Crippen LogP contribution in [0.4, 0.5) is 0 Å². The Balaban J connectivity index is 2.37. The molecule has 0 saturated heterocycles. The zero-order valence-electron chi connectivity index (χ0n) is 10.4. The molecule has 0 amide bonds. The molecular formula is C14H15ClN2O. The van der Waals surface area contributed by atoms with Crippen LogP contribution in [0.2, 0.25) is 0 Å². The molecule has 3 nitrogen and oxygen atoms in total. The van der Waals surface area contributed by atoms with Crippen molar-refractivity contribution in [1.29, 1.82) is 0 Å². The van der Waals surface area contributed by atoms with E-state index in [0.717, 1.165) is 28.5 Å². The molecule has 0 saturated carbocycles. The molecule has 0 N–H and O–H groups in total. The Bertz CT molecular complexity index is 625. The Hall–Kier alpha value is -1.35. The molecule has 4 heteroatoms. The predicted octanol–water partition coefficient (Wildman–Crippen LogP) is 2.79. The average Bonchev–Trinajstić information content (AvgIpc) is 2.42. The molecule has 0 atom stereocenters. The van der Waals surface area contributed by atoms with Crippen LogP contribution < -0.4 is 4.73 Å². The molecule has 3 rings (SSSR count). The van der Waals surface area contributed by atoms with Crippen LogP contribution in [0.1, 0.15) is 35.5 Å². The molecular weight excluding hydrogens is 248 g/mol. The lowest BCUT2D eigenvalue weighted by Crippen LogP contribution is -2.36. The van der Waals surface area contributed by atoms with E-state index in [0.29, 0.717) is 11.5 Å². The number of halogens is 1. The fraction of sp³-hybridized carbons (Fsp3) is 0.429. The highest BCUT2D eigenvalue weighted by atomic mass is 35.5. The number of aryl methyl sites for hydroxylation is 3. The standard InChI is InChI=1S/C14H15ClN2O/c1-9-11-7-6-10-4-2-3-5-12(10)14(11)16-13(8-15)17(9)18/h6-7H,2-5,8H2,1H3. The number of alkyl halides is 1. The van der Waals surface area contributed by atoms with Crippen LogP contribution >= 0.6 is 11.6 Å². The summed E-state index contributed by atoms with van der Waals surface area (Å²) in [5.74, 6) is 0.560. The van der Waals surface area contributed by atoms with Gasteiger partial charge in [0.15, 0.2) is 5.52 Å². The third-order valence-corrected chi connectivity index (χ3v) is 4.03. The SMILES string of the molecule is Cc1c2ccc3c(c2nc(CCl)[n+]1[O-])CCCC3. The number of hydrogen-bond donors (Lipinski definition) is 0. The molecule has 1 aliphatic rings. The zero-order chi connectivity index (χ0) is 12.7. The fourth-order valence-corrected chi connectivity index (χ4v) is 2.96. The van der Waals surface area contributed by atoms with E-state index in [1.54, 1.807) is 0 Å². The maximum atomic E-state index is 12.0. The first kappa shape index (κ1) is 11.7. The second kappa shape index (κ2) is 4.39. The summed E-state index contributed by atoms with van der Waals surface area (Å²) in [6.07, 6.45) is 4.63. The predicted molar refractivity (Wildman–Crippen MR) is 71.6 cm³/mol. The first-order chi connectivity index (χ1) is 8.72. The molecule has 18 heavy (non-hydrogen) atoms. The second-order valence-corrected chi connectivity index (χ2v) is 5.12. The molecule has 1 aromatic carbocycles. The lowest BCUT2D eigenvalue weighted by molar-refractivity contribution is -0.621. The van der Waals surface area contributed by atoms with Crippen molar-refractivity contribution in [1.82, 2.24) is 4.98 Å². The smallest absolute Gasteiger partial charge is 0.317 e. The molecule has 1 aliphatic carbocycles. The molecule has 94 valence electrons. The molecule has 1 aromatic heterocycles. The van der Waals surface area contributed by atoms with Gasteiger partial charge in [0, 0.05) is 5.56 Å². The van der Waals surface area contributed by atoms with E-state index in [9.17, 15) is 5.21 Å². The number of nitrogens with zero attached hydrogens (tertiary/aromatic N) is 2. The summed E-state index contributed by atoms with van der Waals surface area (Å²) in [6.45, 7) is 1.84. The fourth-order valence-electron chi connectivity index (χ4n) is 2.79. The van der Waals surface area contributed by atoms with Crippen molar-refractivity contribution in [2.45, 2.75) is 38.5 Å². The van der Waals surface area contributed by atoms with Gasteiger partial charge < -0.3 is 5.21 Å². The Morgan fingerprint density at radius 2 is 2.11 bits per heavy atom. The first-order valence-electron chi connectivity index (χ1n) is 6.32. The van der Waals surface area contributed by atoms with Gasteiger partial charge >= 0.3 is 5.82 Å². The van der Waals surface area contributed by atoms with Crippen LogP contribution in [0.25, 0.3) is 10.9 Å². The van der Waals surface area contributed by atoms with Gasteiger partial charge in [-0.15, -0.1) is 11.6 Å². The molecule has 0 fully saturated rings. The van der Waals surface area contributed by atoms with Crippen LogP contribution in [0.5, 0.6) is 0 Å². The van der Waals surface area contributed by atoms with E-state index in [1.807, 2.05) is 13.0 Å². The molecule has 0 unspecified atom stereocenters. The second-order valence-electron chi connectivity index (χ2n) is 4.85. The van der Waals surface area contributed by atoms with Gasteiger partial charge in [0.05, 0.1) is 5.39 Å². The van der Waals surface area contributed by atoms with Crippen LogP contribution in [-0.4, -0.2) is 4.98 Å². The minimum atomic E-state index is 0.157. The Morgan fingerprint density at radius 3 is 2.89 bits per heavy atom. The van der Waals surface area contributed by atoms with Crippen molar-refractivity contribution in [2.24, 2.45) is 0 Å². The maximum absolute atomic E-state index is 12.0. The lowest BCUT2D eigenvalue weighted by atomic mass is 9.89. The monoisotopic (exact) mass is 262 g/mol. The Kier molecular flexibility index (Phi) is 2.86. The number of aromatic nitrogens is 2. The van der Waals surface area contributed by atoms with Crippen molar-refractivity contribution in [3.05, 3.63) is 40.0 Å². The maximum Gasteiger partial charge on any atom is 0.317 e. The van der Waals surface area contributed by atoms with Crippen LogP contribution in [0.15, 0.2) is 12.1 Å². The summed E-state index contributed by atoms with van der Waals surface area (Å²) in [7, 11) is 0. The summed E-state index contributed by atoms with van der Waals surface area (Å²) in [6, 6.07) is 4.17. The molecule has 0 aliphatic heterocycles. The number of fused-ring (bicyclic) bond motifs is 3. The van der Waals surface area contributed by atoms with E-state index in [-0.39, 0.29) is 5.88 Å². The third-order valence-electron chi connectivity index (χ3n) is 3.79. The summed E-state index contributed by atoms with van der Waals surface area (Å²) < 4.78 is 0.852. The Labute approximate surface area is 111 Å². The average molecular weight is 263 g/mol. The lowest BCUT2D eigenvalue weighted by Gasteiger charge is -2.17. The van der Waals surface area contributed by atoms with Crippen molar-refractivity contribution < 1.29 is 4.73 Å². The third kappa shape index (κ3) is 1.65. The van der Waals surface area contributed by atoms with Gasteiger partial charge in [-0.1, -0.05) is 6.07 Å². The van der Waals surface area contributed by atoms with Crippen molar-refractivity contribution in [3.63, 3.8) is 0 Å². The quantitative estimate of drug-likeness (QED) is 0.450. The van der Waals surface area contributed by atoms with E-state index in [2.05, 4.69) is 11.1 Å². The van der Waals surface area contributed by atoms with Crippen molar-refractivity contribution >= 4 is 22.5 Å². The highest BCUT2D eigenvalue weighted by molar-refractivity contribution is 6.16. The summed E-state index contributed by atoms with van der Waals surface area (Å²) >= 11 is 5.80. The first-order valence-corrected chi connectivity index (χ1v) is 6.85. The molecule has 0 bridgehead atoms. The minimum Gasteiger partial charge on any atom is -0.711 e. The van der Waals surface area contributed by atoms with Crippen LogP contribution in [0.3, 0.4) is 0 Å². The van der Waals surface area contributed by atoms with Gasteiger partial charge in [-0.25, -0.2) is 4.73 Å². The molecule has 0 radical (unpaired) electrons. The highest BCUT2D eigenvalue weighted by Crippen LogP contribution is 2.28. The topological polar surface area (TPSA) is 39.8 Å². The van der Waals surface area contributed by atoms with Crippen LogP contribution in [-0.2, 0) is 18.7 Å².